The van der Waals surface area contributed by atoms with Crippen LogP contribution < -0.4 is 9.64 Å². The summed E-state index contributed by atoms with van der Waals surface area (Å²) in [5, 5.41) is 11.3. The van der Waals surface area contributed by atoms with Crippen LogP contribution in [0.15, 0.2) is 34.6 Å². The molecule has 0 fully saturated rings. The van der Waals surface area contributed by atoms with Crippen molar-refractivity contribution in [1.29, 1.82) is 0 Å². The zero-order chi connectivity index (χ0) is 17.0. The van der Waals surface area contributed by atoms with Gasteiger partial charge in [0.1, 0.15) is 0 Å². The Morgan fingerprint density at radius 1 is 1.57 bits per heavy atom. The second-order valence-electron chi connectivity index (χ2n) is 4.65. The molecular weight excluding hydrogens is 384 g/mol. The van der Waals surface area contributed by atoms with Gasteiger partial charge in [-0.2, -0.15) is 4.98 Å². The van der Waals surface area contributed by atoms with Crippen molar-refractivity contribution in [3.63, 3.8) is 0 Å². The van der Waals surface area contributed by atoms with Gasteiger partial charge in [-0.05, 0) is 29.8 Å². The van der Waals surface area contributed by atoms with E-state index >= 15 is 0 Å². The standard InChI is InChI=1S/C14H15BrN4O3S/c1-4-18(8-10-7-16-14(15)23-10)13-11(19(20)21)5-6-12(17-13)22-9(2)3/h5-7H,2,4,8H2,1,3H3. The molecule has 2 heterocycles. The monoisotopic (exact) mass is 398 g/mol. The van der Waals surface area contributed by atoms with Crippen molar-refractivity contribution in [2.24, 2.45) is 0 Å². The molecule has 7 nitrogen and oxygen atoms in total. The molecule has 23 heavy (non-hydrogen) atoms. The molecule has 0 aliphatic rings. The fraction of sp³-hybridized carbons (Fsp3) is 0.286. The number of hydrogen-bond acceptors (Lipinski definition) is 7. The second kappa shape index (κ2) is 7.51. The molecule has 0 amide bonds. The van der Waals surface area contributed by atoms with E-state index in [0.717, 1.165) is 8.79 Å². The fourth-order valence-electron chi connectivity index (χ4n) is 1.92. The number of allylic oxidation sites excluding steroid dienone is 1. The minimum Gasteiger partial charge on any atom is -0.444 e. The molecule has 0 radical (unpaired) electrons. The van der Waals surface area contributed by atoms with Gasteiger partial charge < -0.3 is 9.64 Å². The third-order valence-electron chi connectivity index (χ3n) is 2.86. The average Bonchev–Trinajstić information content (AvgIpc) is 2.89. The molecule has 0 aliphatic heterocycles. The van der Waals surface area contributed by atoms with Crippen molar-refractivity contribution in [3.05, 3.63) is 49.6 Å². The lowest BCUT2D eigenvalue weighted by Gasteiger charge is -2.21. The maximum absolute atomic E-state index is 11.3. The molecule has 2 aromatic heterocycles. The van der Waals surface area contributed by atoms with E-state index in [4.69, 9.17) is 4.74 Å². The number of halogens is 1. The summed E-state index contributed by atoms with van der Waals surface area (Å²) < 4.78 is 6.14. The van der Waals surface area contributed by atoms with Gasteiger partial charge in [-0.1, -0.05) is 6.58 Å². The number of rotatable bonds is 7. The van der Waals surface area contributed by atoms with Crippen molar-refractivity contribution in [3.8, 4) is 5.88 Å². The summed E-state index contributed by atoms with van der Waals surface area (Å²) in [5.41, 5.74) is -0.0653. The van der Waals surface area contributed by atoms with E-state index in [2.05, 4.69) is 32.5 Å². The van der Waals surface area contributed by atoms with Gasteiger partial charge in [0.25, 0.3) is 0 Å². The Labute approximate surface area is 145 Å². The summed E-state index contributed by atoms with van der Waals surface area (Å²) in [5.74, 6) is 1.01. The Bertz CT molecular complexity index is 735. The average molecular weight is 399 g/mol. The quantitative estimate of drug-likeness (QED) is 0.395. The van der Waals surface area contributed by atoms with Crippen LogP contribution in [0.2, 0.25) is 0 Å². The summed E-state index contributed by atoms with van der Waals surface area (Å²) in [4.78, 5) is 22.0. The molecule has 0 saturated heterocycles. The second-order valence-corrected chi connectivity index (χ2v) is 7.04. The van der Waals surface area contributed by atoms with Gasteiger partial charge in [0.05, 0.1) is 17.2 Å². The van der Waals surface area contributed by atoms with E-state index in [1.165, 1.54) is 23.5 Å². The molecule has 2 aromatic rings. The Kier molecular flexibility index (Phi) is 5.67. The normalized spacial score (nSPS) is 10.4. The molecule has 0 atom stereocenters. The van der Waals surface area contributed by atoms with E-state index in [1.807, 2.05) is 11.8 Å². The summed E-state index contributed by atoms with van der Waals surface area (Å²) >= 11 is 4.79. The first-order valence-corrected chi connectivity index (χ1v) is 8.35. The highest BCUT2D eigenvalue weighted by Crippen LogP contribution is 2.31. The minimum absolute atomic E-state index is 0.0653. The molecule has 0 N–H and O–H groups in total. The number of nitrogens with zero attached hydrogens (tertiary/aromatic N) is 4. The smallest absolute Gasteiger partial charge is 0.311 e. The Balaban J connectivity index is 2.38. The van der Waals surface area contributed by atoms with Crippen molar-refractivity contribution < 1.29 is 9.66 Å². The SMILES string of the molecule is C=C(C)Oc1ccc([N+](=O)[O-])c(N(CC)Cc2cnc(Br)s2)n1. The zero-order valence-electron chi connectivity index (χ0n) is 12.7. The minimum atomic E-state index is -0.446. The summed E-state index contributed by atoms with van der Waals surface area (Å²) in [6.07, 6.45) is 1.73. The Morgan fingerprint density at radius 3 is 2.83 bits per heavy atom. The lowest BCUT2D eigenvalue weighted by molar-refractivity contribution is -0.384. The topological polar surface area (TPSA) is 81.4 Å². The summed E-state index contributed by atoms with van der Waals surface area (Å²) in [7, 11) is 0. The van der Waals surface area contributed by atoms with Gasteiger partial charge in [0.15, 0.2) is 3.92 Å². The van der Waals surface area contributed by atoms with Crippen molar-refractivity contribution in [2.45, 2.75) is 20.4 Å². The molecule has 0 aliphatic carbocycles. The molecule has 0 bridgehead atoms. The van der Waals surface area contributed by atoms with Crippen LogP contribution in [0.1, 0.15) is 18.7 Å². The van der Waals surface area contributed by atoms with Crippen molar-refractivity contribution in [2.75, 3.05) is 11.4 Å². The molecule has 0 aromatic carbocycles. The Hall–Kier alpha value is -2.00. The number of nitro groups is 1. The van der Waals surface area contributed by atoms with Crippen LogP contribution in [0, 0.1) is 10.1 Å². The predicted octanol–water partition coefficient (Wildman–Crippen LogP) is 4.15. The van der Waals surface area contributed by atoms with Crippen LogP contribution in [0.3, 0.4) is 0 Å². The number of aromatic nitrogens is 2. The predicted molar refractivity (Wildman–Crippen MR) is 92.9 cm³/mol. The lowest BCUT2D eigenvalue weighted by atomic mass is 10.3. The van der Waals surface area contributed by atoms with E-state index in [0.29, 0.717) is 18.8 Å². The maximum atomic E-state index is 11.3. The molecule has 9 heteroatoms. The van der Waals surface area contributed by atoms with Crippen LogP contribution in [0.5, 0.6) is 5.88 Å². The third kappa shape index (κ3) is 4.49. The van der Waals surface area contributed by atoms with Crippen LogP contribution >= 0.6 is 27.3 Å². The number of anilines is 1. The number of thiazole rings is 1. The maximum Gasteiger partial charge on any atom is 0.311 e. The van der Waals surface area contributed by atoms with E-state index < -0.39 is 4.92 Å². The van der Waals surface area contributed by atoms with E-state index in [9.17, 15) is 10.1 Å². The van der Waals surface area contributed by atoms with Crippen molar-refractivity contribution >= 4 is 38.8 Å². The Morgan fingerprint density at radius 2 is 2.30 bits per heavy atom. The van der Waals surface area contributed by atoms with Gasteiger partial charge in [-0.3, -0.25) is 10.1 Å². The summed E-state index contributed by atoms with van der Waals surface area (Å²) in [6.45, 7) is 8.28. The molecule has 0 saturated carbocycles. The molecule has 122 valence electrons. The largest absolute Gasteiger partial charge is 0.444 e. The summed E-state index contributed by atoms with van der Waals surface area (Å²) in [6, 6.07) is 2.86. The number of ether oxygens (including phenoxy) is 1. The lowest BCUT2D eigenvalue weighted by Crippen LogP contribution is -2.23. The third-order valence-corrected chi connectivity index (χ3v) is 4.32. The highest BCUT2D eigenvalue weighted by molar-refractivity contribution is 9.11. The van der Waals surface area contributed by atoms with Crippen LogP contribution in [0.4, 0.5) is 11.5 Å². The number of hydrogen-bond donors (Lipinski definition) is 0. The first-order valence-electron chi connectivity index (χ1n) is 6.74. The fourth-order valence-corrected chi connectivity index (χ4v) is 3.29. The molecule has 0 unspecified atom stereocenters. The molecule has 0 spiro atoms. The van der Waals surface area contributed by atoms with Gasteiger partial charge in [-0.15, -0.1) is 11.3 Å². The van der Waals surface area contributed by atoms with Gasteiger partial charge >= 0.3 is 5.69 Å². The van der Waals surface area contributed by atoms with Gasteiger partial charge in [0, 0.05) is 29.8 Å². The van der Waals surface area contributed by atoms with Crippen LogP contribution in [-0.2, 0) is 6.54 Å². The number of pyridine rings is 1. The van der Waals surface area contributed by atoms with Crippen molar-refractivity contribution in [1.82, 2.24) is 9.97 Å². The highest BCUT2D eigenvalue weighted by Gasteiger charge is 2.22. The van der Waals surface area contributed by atoms with Gasteiger partial charge in [0.2, 0.25) is 11.7 Å². The van der Waals surface area contributed by atoms with E-state index in [-0.39, 0.29) is 17.4 Å². The highest BCUT2D eigenvalue weighted by atomic mass is 79.9. The molecular formula is C14H15BrN4O3S. The van der Waals surface area contributed by atoms with E-state index in [1.54, 1.807) is 13.1 Å². The van der Waals surface area contributed by atoms with Gasteiger partial charge in [-0.25, -0.2) is 4.98 Å². The van der Waals surface area contributed by atoms with Crippen LogP contribution in [-0.4, -0.2) is 21.4 Å². The molecule has 2 rings (SSSR count). The zero-order valence-corrected chi connectivity index (χ0v) is 15.1. The first-order chi connectivity index (χ1) is 10.9. The van der Waals surface area contributed by atoms with Crippen LogP contribution in [0.25, 0.3) is 0 Å². The first kappa shape index (κ1) is 17.4.